The molecule has 0 atom stereocenters. The SMILES string of the molecule is CN(C)C(=O)c1ccnc(C(C)(C)C)c1OC1CC1. The first-order valence-corrected chi connectivity index (χ1v) is 6.68. The molecule has 0 saturated heterocycles. The van der Waals surface area contributed by atoms with Gasteiger partial charge in [0.2, 0.25) is 0 Å². The highest BCUT2D eigenvalue weighted by atomic mass is 16.5. The van der Waals surface area contributed by atoms with E-state index >= 15 is 0 Å². The lowest BCUT2D eigenvalue weighted by molar-refractivity contribution is 0.0822. The third-order valence-corrected chi connectivity index (χ3v) is 3.06. The molecule has 104 valence electrons. The van der Waals surface area contributed by atoms with Crippen LogP contribution in [0, 0.1) is 0 Å². The van der Waals surface area contributed by atoms with Crippen molar-refractivity contribution in [2.75, 3.05) is 14.1 Å². The molecule has 0 N–H and O–H groups in total. The number of rotatable bonds is 3. The molecule has 0 spiro atoms. The Balaban J connectivity index is 2.49. The van der Waals surface area contributed by atoms with E-state index < -0.39 is 0 Å². The monoisotopic (exact) mass is 262 g/mol. The van der Waals surface area contributed by atoms with Crippen LogP contribution in [0.3, 0.4) is 0 Å². The van der Waals surface area contributed by atoms with Crippen LogP contribution in [0.15, 0.2) is 12.3 Å². The summed E-state index contributed by atoms with van der Waals surface area (Å²) in [5, 5.41) is 0. The highest BCUT2D eigenvalue weighted by Crippen LogP contribution is 2.36. The number of amides is 1. The zero-order valence-corrected chi connectivity index (χ0v) is 12.4. The molecule has 0 bridgehead atoms. The lowest BCUT2D eigenvalue weighted by atomic mass is 9.89. The Hall–Kier alpha value is -1.58. The Morgan fingerprint density at radius 2 is 2.00 bits per heavy atom. The van der Waals surface area contributed by atoms with Gasteiger partial charge in [0.15, 0.2) is 5.75 Å². The van der Waals surface area contributed by atoms with Gasteiger partial charge in [-0.15, -0.1) is 0 Å². The van der Waals surface area contributed by atoms with Crippen molar-refractivity contribution < 1.29 is 9.53 Å². The van der Waals surface area contributed by atoms with Crippen LogP contribution in [0.1, 0.15) is 49.7 Å². The van der Waals surface area contributed by atoms with Gasteiger partial charge < -0.3 is 9.64 Å². The summed E-state index contributed by atoms with van der Waals surface area (Å²) in [4.78, 5) is 18.3. The summed E-state index contributed by atoms with van der Waals surface area (Å²) in [6.07, 6.45) is 4.07. The third kappa shape index (κ3) is 3.06. The molecular formula is C15H22N2O2. The van der Waals surface area contributed by atoms with Gasteiger partial charge in [0.05, 0.1) is 17.4 Å². The summed E-state index contributed by atoms with van der Waals surface area (Å²) in [6.45, 7) is 6.25. The molecular weight excluding hydrogens is 240 g/mol. The molecule has 1 aliphatic carbocycles. The third-order valence-electron chi connectivity index (χ3n) is 3.06. The van der Waals surface area contributed by atoms with Gasteiger partial charge >= 0.3 is 0 Å². The van der Waals surface area contributed by atoms with Crippen molar-refractivity contribution >= 4 is 5.91 Å². The van der Waals surface area contributed by atoms with E-state index in [0.29, 0.717) is 11.3 Å². The molecule has 1 heterocycles. The largest absolute Gasteiger partial charge is 0.488 e. The second kappa shape index (κ2) is 4.83. The quantitative estimate of drug-likeness (QED) is 0.841. The van der Waals surface area contributed by atoms with Crippen molar-refractivity contribution in [1.82, 2.24) is 9.88 Å². The molecule has 2 rings (SSSR count). The first-order chi connectivity index (χ1) is 8.80. The maximum absolute atomic E-state index is 12.3. The van der Waals surface area contributed by atoms with Crippen molar-refractivity contribution in [1.29, 1.82) is 0 Å². The van der Waals surface area contributed by atoms with E-state index in [2.05, 4.69) is 25.8 Å². The molecule has 1 saturated carbocycles. The van der Waals surface area contributed by atoms with E-state index in [9.17, 15) is 4.79 Å². The Morgan fingerprint density at radius 1 is 1.37 bits per heavy atom. The van der Waals surface area contributed by atoms with Crippen molar-refractivity contribution in [3.63, 3.8) is 0 Å². The summed E-state index contributed by atoms with van der Waals surface area (Å²) < 4.78 is 5.98. The van der Waals surface area contributed by atoms with Crippen LogP contribution in [0.4, 0.5) is 0 Å². The Morgan fingerprint density at radius 3 is 2.47 bits per heavy atom. The first-order valence-electron chi connectivity index (χ1n) is 6.68. The van der Waals surface area contributed by atoms with E-state index in [1.807, 2.05) is 0 Å². The predicted molar refractivity (Wildman–Crippen MR) is 74.6 cm³/mol. The van der Waals surface area contributed by atoms with Gasteiger partial charge in [-0.25, -0.2) is 0 Å². The van der Waals surface area contributed by atoms with Gasteiger partial charge in [-0.2, -0.15) is 0 Å². The fourth-order valence-electron chi connectivity index (χ4n) is 1.86. The fourth-order valence-corrected chi connectivity index (χ4v) is 1.86. The van der Waals surface area contributed by atoms with E-state index in [-0.39, 0.29) is 17.4 Å². The van der Waals surface area contributed by atoms with Crippen LogP contribution >= 0.6 is 0 Å². The van der Waals surface area contributed by atoms with Crippen LogP contribution in [-0.2, 0) is 5.41 Å². The number of nitrogens with zero attached hydrogens (tertiary/aromatic N) is 2. The molecule has 0 aromatic carbocycles. The van der Waals surface area contributed by atoms with Crippen molar-refractivity contribution in [2.24, 2.45) is 0 Å². The van der Waals surface area contributed by atoms with Gasteiger partial charge in [-0.3, -0.25) is 9.78 Å². The van der Waals surface area contributed by atoms with Crippen molar-refractivity contribution in [3.05, 3.63) is 23.5 Å². The van der Waals surface area contributed by atoms with E-state index in [1.165, 1.54) is 0 Å². The smallest absolute Gasteiger partial charge is 0.257 e. The average molecular weight is 262 g/mol. The van der Waals surface area contributed by atoms with E-state index in [1.54, 1.807) is 31.3 Å². The average Bonchev–Trinajstić information content (AvgIpc) is 3.10. The highest BCUT2D eigenvalue weighted by molar-refractivity contribution is 5.97. The number of aromatic nitrogens is 1. The molecule has 0 radical (unpaired) electrons. The minimum atomic E-state index is -0.146. The Kier molecular flexibility index (Phi) is 3.52. The van der Waals surface area contributed by atoms with Crippen LogP contribution < -0.4 is 4.74 Å². The minimum Gasteiger partial charge on any atom is -0.488 e. The number of ether oxygens (including phenoxy) is 1. The van der Waals surface area contributed by atoms with Gasteiger partial charge in [0.1, 0.15) is 0 Å². The zero-order valence-electron chi connectivity index (χ0n) is 12.4. The molecule has 1 amide bonds. The van der Waals surface area contributed by atoms with Gasteiger partial charge in [0.25, 0.3) is 5.91 Å². The van der Waals surface area contributed by atoms with Gasteiger partial charge in [-0.1, -0.05) is 20.8 Å². The summed E-state index contributed by atoms with van der Waals surface area (Å²) in [5.41, 5.74) is 1.32. The maximum atomic E-state index is 12.3. The molecule has 1 aromatic heterocycles. The normalized spacial score (nSPS) is 15.2. The molecule has 19 heavy (non-hydrogen) atoms. The fraction of sp³-hybridized carbons (Fsp3) is 0.600. The second-order valence-electron chi connectivity index (χ2n) is 6.30. The van der Waals surface area contributed by atoms with E-state index in [4.69, 9.17) is 4.74 Å². The molecule has 4 nitrogen and oxygen atoms in total. The highest BCUT2D eigenvalue weighted by Gasteiger charge is 2.31. The molecule has 1 aliphatic rings. The standard InChI is InChI=1S/C15H22N2O2/c1-15(2,3)13-12(19-10-6-7-10)11(8-9-16-13)14(18)17(4)5/h8-10H,6-7H2,1-5H3. The first kappa shape index (κ1) is 13.8. The molecule has 1 fully saturated rings. The molecule has 4 heteroatoms. The molecule has 1 aromatic rings. The van der Waals surface area contributed by atoms with Gasteiger partial charge in [-0.05, 0) is 18.9 Å². The lowest BCUT2D eigenvalue weighted by Gasteiger charge is -2.24. The summed E-state index contributed by atoms with van der Waals surface area (Å²) in [6, 6.07) is 1.75. The molecule has 0 unspecified atom stereocenters. The van der Waals surface area contributed by atoms with Crippen LogP contribution in [0.5, 0.6) is 5.75 Å². The maximum Gasteiger partial charge on any atom is 0.257 e. The van der Waals surface area contributed by atoms with Crippen molar-refractivity contribution in [3.8, 4) is 5.75 Å². The van der Waals surface area contributed by atoms with E-state index in [0.717, 1.165) is 18.5 Å². The topological polar surface area (TPSA) is 42.4 Å². The Labute approximate surface area is 114 Å². The summed E-state index contributed by atoms with van der Waals surface area (Å²) >= 11 is 0. The minimum absolute atomic E-state index is 0.0384. The second-order valence-corrected chi connectivity index (χ2v) is 6.30. The van der Waals surface area contributed by atoms with Crippen molar-refractivity contribution in [2.45, 2.75) is 45.1 Å². The molecule has 0 aliphatic heterocycles. The number of carbonyl (C=O) groups excluding carboxylic acids is 1. The van der Waals surface area contributed by atoms with Gasteiger partial charge in [0, 0.05) is 25.7 Å². The number of carbonyl (C=O) groups is 1. The van der Waals surface area contributed by atoms with Crippen LogP contribution in [-0.4, -0.2) is 36.0 Å². The lowest BCUT2D eigenvalue weighted by Crippen LogP contribution is -2.25. The summed E-state index contributed by atoms with van der Waals surface area (Å²) in [7, 11) is 3.50. The summed E-state index contributed by atoms with van der Waals surface area (Å²) in [5.74, 6) is 0.625. The number of hydrogen-bond acceptors (Lipinski definition) is 3. The van der Waals surface area contributed by atoms with Crippen LogP contribution in [0.2, 0.25) is 0 Å². The number of hydrogen-bond donors (Lipinski definition) is 0. The Bertz CT molecular complexity index is 485. The predicted octanol–water partition coefficient (Wildman–Crippen LogP) is 2.62. The number of pyridine rings is 1. The zero-order chi connectivity index (χ0) is 14.2. The van der Waals surface area contributed by atoms with Crippen LogP contribution in [0.25, 0.3) is 0 Å².